The summed E-state index contributed by atoms with van der Waals surface area (Å²) in [6.45, 7) is 6.04. The summed E-state index contributed by atoms with van der Waals surface area (Å²) in [6, 6.07) is 0.187. The SMILES string of the molecule is CC(C)C1NC(=O)OC1C. The van der Waals surface area contributed by atoms with E-state index in [1.54, 1.807) is 0 Å². The van der Waals surface area contributed by atoms with E-state index in [0.29, 0.717) is 5.92 Å². The van der Waals surface area contributed by atoms with Gasteiger partial charge in [0.05, 0.1) is 6.04 Å². The van der Waals surface area contributed by atoms with Crippen molar-refractivity contribution in [3.8, 4) is 0 Å². The third kappa shape index (κ3) is 1.23. The molecule has 1 heterocycles. The number of amides is 1. The Hall–Kier alpha value is -0.730. The number of carbonyl (C=O) groups is 1. The fourth-order valence-corrected chi connectivity index (χ4v) is 1.24. The van der Waals surface area contributed by atoms with E-state index in [-0.39, 0.29) is 18.2 Å². The molecule has 3 nitrogen and oxygen atoms in total. The largest absolute Gasteiger partial charge is 0.444 e. The molecule has 0 radical (unpaired) electrons. The Bertz CT molecular complexity index is 145. The van der Waals surface area contributed by atoms with Crippen LogP contribution in [0, 0.1) is 5.92 Å². The molecule has 1 amide bonds. The molecule has 1 saturated heterocycles. The normalized spacial score (nSPS) is 32.2. The van der Waals surface area contributed by atoms with Crippen molar-refractivity contribution in [2.45, 2.75) is 32.9 Å². The van der Waals surface area contributed by atoms with Crippen molar-refractivity contribution >= 4 is 6.09 Å². The number of cyclic esters (lactones) is 1. The van der Waals surface area contributed by atoms with Crippen LogP contribution >= 0.6 is 0 Å². The molecule has 0 bridgehead atoms. The average Bonchev–Trinajstić information content (AvgIpc) is 2.10. The second-order valence-electron chi connectivity index (χ2n) is 3.02. The van der Waals surface area contributed by atoms with Crippen molar-refractivity contribution < 1.29 is 9.53 Å². The van der Waals surface area contributed by atoms with Gasteiger partial charge in [-0.3, -0.25) is 0 Å². The van der Waals surface area contributed by atoms with Crippen molar-refractivity contribution in [2.24, 2.45) is 5.92 Å². The molecule has 0 aromatic rings. The molecule has 1 rings (SSSR count). The Morgan fingerprint density at radius 2 is 2.20 bits per heavy atom. The lowest BCUT2D eigenvalue weighted by molar-refractivity contribution is 0.136. The zero-order chi connectivity index (χ0) is 7.72. The summed E-state index contributed by atoms with van der Waals surface area (Å²) in [5.41, 5.74) is 0. The third-order valence-corrected chi connectivity index (χ3v) is 1.80. The Labute approximate surface area is 60.7 Å². The molecule has 0 aromatic carbocycles. The lowest BCUT2D eigenvalue weighted by atomic mass is 10.0. The lowest BCUT2D eigenvalue weighted by Gasteiger charge is -2.15. The number of nitrogens with one attached hydrogen (secondary N) is 1. The van der Waals surface area contributed by atoms with Gasteiger partial charge in [0.2, 0.25) is 0 Å². The van der Waals surface area contributed by atoms with E-state index in [1.165, 1.54) is 0 Å². The summed E-state index contributed by atoms with van der Waals surface area (Å²) in [5, 5.41) is 2.74. The summed E-state index contributed by atoms with van der Waals surface area (Å²) < 4.78 is 4.89. The highest BCUT2D eigenvalue weighted by Gasteiger charge is 2.32. The second kappa shape index (κ2) is 2.48. The van der Waals surface area contributed by atoms with Gasteiger partial charge in [0.1, 0.15) is 6.10 Å². The minimum atomic E-state index is -0.286. The van der Waals surface area contributed by atoms with E-state index < -0.39 is 0 Å². The monoisotopic (exact) mass is 143 g/mol. The van der Waals surface area contributed by atoms with Gasteiger partial charge in [-0.15, -0.1) is 0 Å². The molecule has 0 saturated carbocycles. The fraction of sp³-hybridized carbons (Fsp3) is 0.857. The molecule has 0 aromatic heterocycles. The molecule has 1 aliphatic rings. The van der Waals surface area contributed by atoms with Gasteiger partial charge in [-0.05, 0) is 12.8 Å². The number of rotatable bonds is 1. The van der Waals surface area contributed by atoms with Gasteiger partial charge in [-0.1, -0.05) is 13.8 Å². The van der Waals surface area contributed by atoms with E-state index in [1.807, 2.05) is 6.92 Å². The first-order valence-corrected chi connectivity index (χ1v) is 3.58. The molecule has 0 aliphatic carbocycles. The quantitative estimate of drug-likeness (QED) is 0.597. The zero-order valence-electron chi connectivity index (χ0n) is 6.55. The first-order valence-electron chi connectivity index (χ1n) is 3.58. The van der Waals surface area contributed by atoms with Gasteiger partial charge in [0.25, 0.3) is 0 Å². The highest BCUT2D eigenvalue weighted by atomic mass is 16.6. The predicted molar refractivity (Wildman–Crippen MR) is 37.7 cm³/mol. The van der Waals surface area contributed by atoms with Crippen LogP contribution in [0.15, 0.2) is 0 Å². The van der Waals surface area contributed by atoms with Crippen LogP contribution in [0.1, 0.15) is 20.8 Å². The number of carbonyl (C=O) groups excluding carboxylic acids is 1. The molecular formula is C7H13NO2. The van der Waals surface area contributed by atoms with Crippen LogP contribution in [0.5, 0.6) is 0 Å². The van der Waals surface area contributed by atoms with Gasteiger partial charge in [0.15, 0.2) is 0 Å². The number of hydrogen-bond acceptors (Lipinski definition) is 2. The minimum Gasteiger partial charge on any atom is -0.444 e. The summed E-state index contributed by atoms with van der Waals surface area (Å²) in [5.74, 6) is 0.446. The fourth-order valence-electron chi connectivity index (χ4n) is 1.24. The number of ether oxygens (including phenoxy) is 1. The maximum absolute atomic E-state index is 10.6. The van der Waals surface area contributed by atoms with Crippen molar-refractivity contribution in [1.82, 2.24) is 5.32 Å². The van der Waals surface area contributed by atoms with Crippen LogP contribution in [0.4, 0.5) is 4.79 Å². The standard InChI is InChI=1S/C7H13NO2/c1-4(2)6-5(3)10-7(9)8-6/h4-6H,1-3H3,(H,8,9). The molecule has 1 N–H and O–H groups in total. The van der Waals surface area contributed by atoms with Gasteiger partial charge < -0.3 is 10.1 Å². The summed E-state index contributed by atoms with van der Waals surface area (Å²) in [7, 11) is 0. The van der Waals surface area contributed by atoms with Crippen molar-refractivity contribution in [2.75, 3.05) is 0 Å². The molecule has 0 spiro atoms. The van der Waals surface area contributed by atoms with Gasteiger partial charge in [0, 0.05) is 0 Å². The van der Waals surface area contributed by atoms with Gasteiger partial charge in [-0.2, -0.15) is 0 Å². The van der Waals surface area contributed by atoms with Crippen LogP contribution in [-0.4, -0.2) is 18.2 Å². The summed E-state index contributed by atoms with van der Waals surface area (Å²) in [6.07, 6.45) is -0.265. The summed E-state index contributed by atoms with van der Waals surface area (Å²) >= 11 is 0. The van der Waals surface area contributed by atoms with Crippen LogP contribution in [0.2, 0.25) is 0 Å². The first kappa shape index (κ1) is 7.38. The molecular weight excluding hydrogens is 130 g/mol. The van der Waals surface area contributed by atoms with E-state index in [0.717, 1.165) is 0 Å². The summed E-state index contributed by atoms with van der Waals surface area (Å²) in [4.78, 5) is 10.6. The van der Waals surface area contributed by atoms with Crippen LogP contribution in [0.3, 0.4) is 0 Å². The van der Waals surface area contributed by atoms with Crippen molar-refractivity contribution in [1.29, 1.82) is 0 Å². The highest BCUT2D eigenvalue weighted by Crippen LogP contribution is 2.14. The van der Waals surface area contributed by atoms with Crippen molar-refractivity contribution in [3.63, 3.8) is 0 Å². The molecule has 2 atom stereocenters. The Morgan fingerprint density at radius 1 is 1.60 bits per heavy atom. The highest BCUT2D eigenvalue weighted by molar-refractivity contribution is 5.70. The molecule has 2 unspecified atom stereocenters. The van der Waals surface area contributed by atoms with Crippen molar-refractivity contribution in [3.05, 3.63) is 0 Å². The minimum absolute atomic E-state index is 0.0208. The van der Waals surface area contributed by atoms with E-state index >= 15 is 0 Å². The molecule has 1 aliphatic heterocycles. The van der Waals surface area contributed by atoms with Crippen LogP contribution in [-0.2, 0) is 4.74 Å². The van der Waals surface area contributed by atoms with Gasteiger partial charge in [-0.25, -0.2) is 4.79 Å². The Balaban J connectivity index is 2.54. The Kier molecular flexibility index (Phi) is 1.83. The van der Waals surface area contributed by atoms with Gasteiger partial charge >= 0.3 is 6.09 Å². The Morgan fingerprint density at radius 3 is 2.40 bits per heavy atom. The molecule has 3 heteroatoms. The van der Waals surface area contributed by atoms with E-state index in [9.17, 15) is 4.79 Å². The second-order valence-corrected chi connectivity index (χ2v) is 3.02. The zero-order valence-corrected chi connectivity index (χ0v) is 6.55. The molecule has 1 fully saturated rings. The lowest BCUT2D eigenvalue weighted by Crippen LogP contribution is -2.34. The number of hydrogen-bond donors (Lipinski definition) is 1. The smallest absolute Gasteiger partial charge is 0.407 e. The first-order chi connectivity index (χ1) is 4.61. The maximum Gasteiger partial charge on any atom is 0.407 e. The topological polar surface area (TPSA) is 38.3 Å². The third-order valence-electron chi connectivity index (χ3n) is 1.80. The van der Waals surface area contributed by atoms with E-state index in [2.05, 4.69) is 19.2 Å². The van der Waals surface area contributed by atoms with E-state index in [4.69, 9.17) is 4.74 Å². The van der Waals surface area contributed by atoms with Crippen LogP contribution in [0.25, 0.3) is 0 Å². The van der Waals surface area contributed by atoms with Crippen LogP contribution < -0.4 is 5.32 Å². The molecule has 10 heavy (non-hydrogen) atoms. The number of alkyl carbamates (subject to hydrolysis) is 1. The maximum atomic E-state index is 10.6. The average molecular weight is 143 g/mol. The predicted octanol–water partition coefficient (Wildman–Crippen LogP) is 1.14. The molecule has 58 valence electrons.